The van der Waals surface area contributed by atoms with Crippen molar-refractivity contribution in [3.05, 3.63) is 33.8 Å². The van der Waals surface area contributed by atoms with Gasteiger partial charge in [0.05, 0.1) is 11.1 Å². The summed E-state index contributed by atoms with van der Waals surface area (Å²) in [5, 5.41) is 2.00. The molecule has 0 aromatic heterocycles. The molecule has 0 radical (unpaired) electrons. The zero-order valence-corrected chi connectivity index (χ0v) is 11.9. The van der Waals surface area contributed by atoms with Crippen LogP contribution in [-0.2, 0) is 15.8 Å². The van der Waals surface area contributed by atoms with Gasteiger partial charge in [0, 0.05) is 4.47 Å². The highest BCUT2D eigenvalue weighted by Crippen LogP contribution is 2.32. The zero-order chi connectivity index (χ0) is 15.8. The summed E-state index contributed by atoms with van der Waals surface area (Å²) in [6, 6.07) is 2.61. The third kappa shape index (κ3) is 3.41. The highest BCUT2D eigenvalue weighted by Gasteiger charge is 2.33. The fraction of sp³-hybridized carbons (Fsp3) is 0.250. The van der Waals surface area contributed by atoms with Gasteiger partial charge in [-0.1, -0.05) is 0 Å². The monoisotopic (exact) mass is 364 g/mol. The standard InChI is InChI=1S/C12H8BrF3N2O3/c13-8-2-1-6(12(14,15)16)3-7(8)11(21)18-4-9(19)17-10(20)5-18/h1-3H,4-5H2,(H,17,19,20). The molecule has 3 amide bonds. The third-order valence-electron chi connectivity index (χ3n) is 2.76. The number of halogens is 4. The largest absolute Gasteiger partial charge is 0.416 e. The molecule has 1 fully saturated rings. The molecule has 1 aliphatic heterocycles. The number of imide groups is 1. The summed E-state index contributed by atoms with van der Waals surface area (Å²) in [5.41, 5.74) is -1.24. The second kappa shape index (κ2) is 5.47. The first-order chi connectivity index (χ1) is 9.68. The van der Waals surface area contributed by atoms with Crippen LogP contribution in [-0.4, -0.2) is 35.7 Å². The molecule has 1 aromatic rings. The molecule has 112 valence electrons. The summed E-state index contributed by atoms with van der Waals surface area (Å²) in [6.45, 7) is -0.763. The Morgan fingerprint density at radius 3 is 2.29 bits per heavy atom. The summed E-state index contributed by atoms with van der Waals surface area (Å²) >= 11 is 2.99. The van der Waals surface area contributed by atoms with E-state index in [0.717, 1.165) is 17.0 Å². The van der Waals surface area contributed by atoms with E-state index in [0.29, 0.717) is 6.07 Å². The number of carbonyl (C=O) groups is 3. The Balaban J connectivity index is 2.34. The van der Waals surface area contributed by atoms with Gasteiger partial charge in [-0.05, 0) is 34.1 Å². The number of rotatable bonds is 1. The number of hydrogen-bond donors (Lipinski definition) is 1. The van der Waals surface area contributed by atoms with Gasteiger partial charge in [0.15, 0.2) is 0 Å². The Morgan fingerprint density at radius 1 is 1.19 bits per heavy atom. The van der Waals surface area contributed by atoms with Gasteiger partial charge in [-0.25, -0.2) is 0 Å². The van der Waals surface area contributed by atoms with Gasteiger partial charge in [0.25, 0.3) is 5.91 Å². The van der Waals surface area contributed by atoms with Crippen molar-refractivity contribution in [3.8, 4) is 0 Å². The highest BCUT2D eigenvalue weighted by atomic mass is 79.9. The maximum atomic E-state index is 12.7. The quantitative estimate of drug-likeness (QED) is 0.769. The van der Waals surface area contributed by atoms with Crippen LogP contribution in [0, 0.1) is 0 Å². The molecule has 0 aliphatic carbocycles. The maximum Gasteiger partial charge on any atom is 0.416 e. The van der Waals surface area contributed by atoms with Crippen LogP contribution < -0.4 is 5.32 Å². The predicted molar refractivity (Wildman–Crippen MR) is 68.2 cm³/mol. The van der Waals surface area contributed by atoms with Gasteiger partial charge in [0.2, 0.25) is 11.8 Å². The smallest absolute Gasteiger partial charge is 0.320 e. The lowest BCUT2D eigenvalue weighted by molar-refractivity contribution is -0.138. The molecule has 9 heteroatoms. The van der Waals surface area contributed by atoms with Crippen LogP contribution in [0.25, 0.3) is 0 Å². The number of amides is 3. The number of benzene rings is 1. The van der Waals surface area contributed by atoms with E-state index in [-0.39, 0.29) is 23.1 Å². The molecule has 1 aromatic carbocycles. The fourth-order valence-corrected chi connectivity index (χ4v) is 2.23. The molecule has 0 unspecified atom stereocenters. The van der Waals surface area contributed by atoms with E-state index in [9.17, 15) is 27.6 Å². The normalized spacial score (nSPS) is 15.9. The second-order valence-corrected chi connectivity index (χ2v) is 5.18. The van der Waals surface area contributed by atoms with E-state index in [4.69, 9.17) is 0 Å². The Hall–Kier alpha value is -1.90. The van der Waals surface area contributed by atoms with Gasteiger partial charge >= 0.3 is 6.18 Å². The minimum Gasteiger partial charge on any atom is -0.320 e. The van der Waals surface area contributed by atoms with Gasteiger partial charge in [-0.3, -0.25) is 19.7 Å². The minimum atomic E-state index is -4.59. The lowest BCUT2D eigenvalue weighted by atomic mass is 10.1. The van der Waals surface area contributed by atoms with Crippen molar-refractivity contribution in [1.82, 2.24) is 10.2 Å². The number of alkyl halides is 3. The van der Waals surface area contributed by atoms with Crippen molar-refractivity contribution in [2.24, 2.45) is 0 Å². The molecule has 1 heterocycles. The molecule has 1 N–H and O–H groups in total. The Morgan fingerprint density at radius 2 is 1.76 bits per heavy atom. The average molecular weight is 365 g/mol. The summed E-state index contributed by atoms with van der Waals surface area (Å²) < 4.78 is 38.2. The first-order valence-corrected chi connectivity index (χ1v) is 6.46. The number of nitrogens with one attached hydrogen (secondary N) is 1. The van der Waals surface area contributed by atoms with Crippen LogP contribution >= 0.6 is 15.9 Å². The zero-order valence-electron chi connectivity index (χ0n) is 10.3. The SMILES string of the molecule is O=C1CN(C(=O)c2cc(C(F)(F)F)ccc2Br)CC(=O)N1. The molecule has 1 saturated heterocycles. The maximum absolute atomic E-state index is 12.7. The molecule has 2 rings (SSSR count). The summed E-state index contributed by atoms with van der Waals surface area (Å²) in [6.07, 6.45) is -4.59. The third-order valence-corrected chi connectivity index (χ3v) is 3.45. The lowest BCUT2D eigenvalue weighted by Gasteiger charge is -2.26. The first-order valence-electron chi connectivity index (χ1n) is 5.67. The fourth-order valence-electron chi connectivity index (χ4n) is 1.82. The number of carbonyl (C=O) groups excluding carboxylic acids is 3. The predicted octanol–water partition coefficient (Wildman–Crippen LogP) is 1.57. The van der Waals surface area contributed by atoms with Crippen LogP contribution in [0.5, 0.6) is 0 Å². The van der Waals surface area contributed by atoms with Crippen LogP contribution in [0.15, 0.2) is 22.7 Å². The van der Waals surface area contributed by atoms with Crippen molar-refractivity contribution in [2.45, 2.75) is 6.18 Å². The average Bonchev–Trinajstić information content (AvgIpc) is 2.36. The van der Waals surface area contributed by atoms with Crippen molar-refractivity contribution < 1.29 is 27.6 Å². The van der Waals surface area contributed by atoms with Crippen LogP contribution in [0.3, 0.4) is 0 Å². The van der Waals surface area contributed by atoms with E-state index in [1.165, 1.54) is 0 Å². The van der Waals surface area contributed by atoms with E-state index in [1.54, 1.807) is 0 Å². The van der Waals surface area contributed by atoms with Crippen molar-refractivity contribution in [2.75, 3.05) is 13.1 Å². The molecule has 0 saturated carbocycles. The van der Waals surface area contributed by atoms with Crippen molar-refractivity contribution >= 4 is 33.7 Å². The van der Waals surface area contributed by atoms with E-state index < -0.39 is 29.5 Å². The molecule has 21 heavy (non-hydrogen) atoms. The molecular weight excluding hydrogens is 357 g/mol. The van der Waals surface area contributed by atoms with Crippen LogP contribution in [0.2, 0.25) is 0 Å². The summed E-state index contributed by atoms with van der Waals surface area (Å²) in [5.74, 6) is -2.18. The van der Waals surface area contributed by atoms with Crippen LogP contribution in [0.4, 0.5) is 13.2 Å². The Kier molecular flexibility index (Phi) is 4.04. The summed E-state index contributed by atoms with van der Waals surface area (Å²) in [4.78, 5) is 35.5. The van der Waals surface area contributed by atoms with E-state index in [1.807, 2.05) is 5.32 Å². The number of nitrogens with zero attached hydrogens (tertiary/aromatic N) is 1. The number of hydrogen-bond acceptors (Lipinski definition) is 3. The molecular formula is C12H8BrF3N2O3. The van der Waals surface area contributed by atoms with Gasteiger partial charge in [0.1, 0.15) is 13.1 Å². The first kappa shape index (κ1) is 15.5. The van der Waals surface area contributed by atoms with Crippen molar-refractivity contribution in [1.29, 1.82) is 0 Å². The molecule has 1 aliphatic rings. The Labute approximate surface area is 125 Å². The molecule has 0 spiro atoms. The second-order valence-electron chi connectivity index (χ2n) is 4.32. The van der Waals surface area contributed by atoms with Gasteiger partial charge in [-0.2, -0.15) is 13.2 Å². The van der Waals surface area contributed by atoms with E-state index >= 15 is 0 Å². The lowest BCUT2D eigenvalue weighted by Crippen LogP contribution is -2.53. The topological polar surface area (TPSA) is 66.5 Å². The molecule has 0 atom stereocenters. The molecule has 0 bridgehead atoms. The van der Waals surface area contributed by atoms with Crippen molar-refractivity contribution in [3.63, 3.8) is 0 Å². The highest BCUT2D eigenvalue weighted by molar-refractivity contribution is 9.10. The summed E-state index contributed by atoms with van der Waals surface area (Å²) in [7, 11) is 0. The van der Waals surface area contributed by atoms with Gasteiger partial charge in [-0.15, -0.1) is 0 Å². The minimum absolute atomic E-state index is 0.152. The Bertz CT molecular complexity index is 615. The van der Waals surface area contributed by atoms with Gasteiger partial charge < -0.3 is 4.90 Å². The van der Waals surface area contributed by atoms with E-state index in [2.05, 4.69) is 15.9 Å². The number of piperazine rings is 1. The molecule has 5 nitrogen and oxygen atoms in total. The van der Waals surface area contributed by atoms with Crippen LogP contribution in [0.1, 0.15) is 15.9 Å².